The van der Waals surface area contributed by atoms with Crippen LogP contribution in [0, 0.1) is 0 Å². The highest BCUT2D eigenvalue weighted by molar-refractivity contribution is 7.09. The normalized spacial score (nSPS) is 11.5. The number of aliphatic imine (C=N–C) groups is 1. The molecule has 0 saturated heterocycles. The van der Waals surface area contributed by atoms with E-state index in [0.717, 1.165) is 32.1 Å². The molecule has 24 heavy (non-hydrogen) atoms. The number of nitrogens with zero attached hydrogens (tertiary/aromatic N) is 2. The van der Waals surface area contributed by atoms with Crippen molar-refractivity contribution in [2.75, 3.05) is 27.2 Å². The predicted molar refractivity (Wildman–Crippen MR) is 103 cm³/mol. The lowest BCUT2D eigenvalue weighted by molar-refractivity contribution is 0.133. The van der Waals surface area contributed by atoms with Crippen LogP contribution >= 0.6 is 11.3 Å². The summed E-state index contributed by atoms with van der Waals surface area (Å²) in [4.78, 5) is 7.97. The molecule has 0 spiro atoms. The molecule has 2 aromatic rings. The fourth-order valence-corrected chi connectivity index (χ4v) is 3.18. The quantitative estimate of drug-likeness (QED) is 0.587. The molecule has 0 aliphatic carbocycles. The smallest absolute Gasteiger partial charge is 0.193 e. The molecule has 0 aliphatic heterocycles. The molecule has 1 aromatic heterocycles. The maximum absolute atomic E-state index is 5.55. The highest BCUT2D eigenvalue weighted by Crippen LogP contribution is 2.11. The molecule has 1 N–H and O–H groups in total. The Labute approximate surface area is 149 Å². The summed E-state index contributed by atoms with van der Waals surface area (Å²) in [5.74, 6) is 0.915. The summed E-state index contributed by atoms with van der Waals surface area (Å²) in [5.41, 5.74) is 2.47. The van der Waals surface area contributed by atoms with E-state index < -0.39 is 0 Å². The van der Waals surface area contributed by atoms with Gasteiger partial charge in [-0.15, -0.1) is 11.3 Å². The predicted octanol–water partition coefficient (Wildman–Crippen LogP) is 3.53. The third-order valence-corrected chi connectivity index (χ3v) is 4.80. The minimum absolute atomic E-state index is 0.654. The SMILES string of the molecule is CCOCc1ccccc1CNC(=NC)N(C)CCc1cccs1. The molecule has 0 fully saturated rings. The zero-order valence-corrected chi connectivity index (χ0v) is 15.6. The minimum Gasteiger partial charge on any atom is -0.377 e. The monoisotopic (exact) mass is 345 g/mol. The second kappa shape index (κ2) is 10.1. The molecular weight excluding hydrogens is 318 g/mol. The van der Waals surface area contributed by atoms with Crippen LogP contribution in [-0.2, 0) is 24.3 Å². The van der Waals surface area contributed by atoms with E-state index in [9.17, 15) is 0 Å². The van der Waals surface area contributed by atoms with E-state index in [1.165, 1.54) is 16.0 Å². The summed E-state index contributed by atoms with van der Waals surface area (Å²) in [6.45, 7) is 5.10. The van der Waals surface area contributed by atoms with Crippen molar-refractivity contribution < 1.29 is 4.74 Å². The topological polar surface area (TPSA) is 36.9 Å². The second-order valence-corrected chi connectivity index (χ2v) is 6.59. The highest BCUT2D eigenvalue weighted by Gasteiger charge is 2.08. The number of ether oxygens (including phenoxy) is 1. The average molecular weight is 346 g/mol. The van der Waals surface area contributed by atoms with Gasteiger partial charge in [0.2, 0.25) is 0 Å². The van der Waals surface area contributed by atoms with E-state index in [1.54, 1.807) is 11.3 Å². The van der Waals surface area contributed by atoms with Gasteiger partial charge in [-0.25, -0.2) is 0 Å². The van der Waals surface area contributed by atoms with Crippen LogP contribution in [0.25, 0.3) is 0 Å². The lowest BCUT2D eigenvalue weighted by atomic mass is 10.1. The molecule has 5 heteroatoms. The number of benzene rings is 1. The number of hydrogen-bond donors (Lipinski definition) is 1. The van der Waals surface area contributed by atoms with Crippen LogP contribution in [0.15, 0.2) is 46.8 Å². The van der Waals surface area contributed by atoms with Crippen LogP contribution in [0.1, 0.15) is 22.9 Å². The summed E-state index contributed by atoms with van der Waals surface area (Å²) in [6, 6.07) is 12.7. The molecule has 130 valence electrons. The lowest BCUT2D eigenvalue weighted by Gasteiger charge is -2.22. The summed E-state index contributed by atoms with van der Waals surface area (Å²) in [7, 11) is 3.91. The molecule has 0 unspecified atom stereocenters. The molecular formula is C19H27N3OS. The van der Waals surface area contributed by atoms with Gasteiger partial charge < -0.3 is 15.0 Å². The van der Waals surface area contributed by atoms with Crippen LogP contribution in [-0.4, -0.2) is 38.1 Å². The van der Waals surface area contributed by atoms with Gasteiger partial charge in [-0.05, 0) is 35.9 Å². The fraction of sp³-hybridized carbons (Fsp3) is 0.421. The van der Waals surface area contributed by atoms with Gasteiger partial charge in [0, 0.05) is 38.7 Å². The number of nitrogens with one attached hydrogen (secondary N) is 1. The standard InChI is InChI=1S/C19H27N3OS/c1-4-23-15-17-9-6-5-8-16(17)14-21-19(20-2)22(3)12-11-18-10-7-13-24-18/h5-10,13H,4,11-12,14-15H2,1-3H3,(H,20,21). The largest absolute Gasteiger partial charge is 0.377 e. The van der Waals surface area contributed by atoms with Crippen molar-refractivity contribution in [2.45, 2.75) is 26.5 Å². The van der Waals surface area contributed by atoms with E-state index in [4.69, 9.17) is 4.74 Å². The molecule has 2 rings (SSSR count). The Morgan fingerprint density at radius 1 is 1.21 bits per heavy atom. The molecule has 1 aromatic carbocycles. The first-order valence-electron chi connectivity index (χ1n) is 8.33. The van der Waals surface area contributed by atoms with Crippen molar-refractivity contribution >= 4 is 17.3 Å². The van der Waals surface area contributed by atoms with E-state index in [1.807, 2.05) is 14.0 Å². The first-order chi connectivity index (χ1) is 11.7. The van der Waals surface area contributed by atoms with Crippen LogP contribution in [0.5, 0.6) is 0 Å². The molecule has 0 aliphatic rings. The maximum atomic E-state index is 5.55. The Morgan fingerprint density at radius 3 is 2.67 bits per heavy atom. The van der Waals surface area contributed by atoms with Crippen molar-refractivity contribution in [1.29, 1.82) is 0 Å². The Balaban J connectivity index is 1.89. The third-order valence-electron chi connectivity index (χ3n) is 3.86. The lowest BCUT2D eigenvalue weighted by Crippen LogP contribution is -2.39. The van der Waals surface area contributed by atoms with Crippen LogP contribution < -0.4 is 5.32 Å². The van der Waals surface area contributed by atoms with Gasteiger partial charge in [0.1, 0.15) is 0 Å². The van der Waals surface area contributed by atoms with Crippen molar-refractivity contribution in [3.63, 3.8) is 0 Å². The van der Waals surface area contributed by atoms with Crippen molar-refractivity contribution in [2.24, 2.45) is 4.99 Å². The summed E-state index contributed by atoms with van der Waals surface area (Å²) in [5, 5.41) is 5.58. The van der Waals surface area contributed by atoms with Crippen molar-refractivity contribution in [3.05, 3.63) is 57.8 Å². The molecule has 1 heterocycles. The molecule has 0 radical (unpaired) electrons. The Bertz CT molecular complexity index is 625. The van der Waals surface area contributed by atoms with E-state index in [2.05, 4.69) is 64.0 Å². The third kappa shape index (κ3) is 5.65. The van der Waals surface area contributed by atoms with Crippen LogP contribution in [0.2, 0.25) is 0 Å². The number of rotatable bonds is 8. The minimum atomic E-state index is 0.654. The Kier molecular flexibility index (Phi) is 7.79. The highest BCUT2D eigenvalue weighted by atomic mass is 32.1. The number of guanidine groups is 1. The van der Waals surface area contributed by atoms with Gasteiger partial charge in [-0.1, -0.05) is 30.3 Å². The fourth-order valence-electron chi connectivity index (χ4n) is 2.48. The van der Waals surface area contributed by atoms with E-state index >= 15 is 0 Å². The van der Waals surface area contributed by atoms with Gasteiger partial charge >= 0.3 is 0 Å². The Morgan fingerprint density at radius 2 is 2.00 bits per heavy atom. The molecule has 0 amide bonds. The van der Waals surface area contributed by atoms with Crippen molar-refractivity contribution in [1.82, 2.24) is 10.2 Å². The zero-order valence-electron chi connectivity index (χ0n) is 14.8. The van der Waals surface area contributed by atoms with Crippen LogP contribution in [0.3, 0.4) is 0 Å². The molecule has 0 atom stereocenters. The number of thiophene rings is 1. The second-order valence-electron chi connectivity index (χ2n) is 5.56. The number of hydrogen-bond acceptors (Lipinski definition) is 3. The number of likely N-dealkylation sites (N-methyl/N-ethyl adjacent to an activating group) is 1. The molecule has 4 nitrogen and oxygen atoms in total. The Hall–Kier alpha value is -1.85. The van der Waals surface area contributed by atoms with E-state index in [0.29, 0.717) is 6.61 Å². The first-order valence-corrected chi connectivity index (χ1v) is 9.21. The van der Waals surface area contributed by atoms with Gasteiger partial charge in [-0.2, -0.15) is 0 Å². The zero-order chi connectivity index (χ0) is 17.2. The molecule has 0 saturated carbocycles. The van der Waals surface area contributed by atoms with Crippen molar-refractivity contribution in [3.8, 4) is 0 Å². The average Bonchev–Trinajstić information content (AvgIpc) is 3.13. The van der Waals surface area contributed by atoms with Crippen LogP contribution in [0.4, 0.5) is 0 Å². The maximum Gasteiger partial charge on any atom is 0.193 e. The van der Waals surface area contributed by atoms with Gasteiger partial charge in [0.05, 0.1) is 6.61 Å². The first kappa shape index (κ1) is 18.5. The summed E-state index contributed by atoms with van der Waals surface area (Å²) < 4.78 is 5.55. The summed E-state index contributed by atoms with van der Waals surface area (Å²) >= 11 is 1.80. The molecule has 0 bridgehead atoms. The van der Waals surface area contributed by atoms with Gasteiger partial charge in [0.25, 0.3) is 0 Å². The van der Waals surface area contributed by atoms with Gasteiger partial charge in [-0.3, -0.25) is 4.99 Å². The van der Waals surface area contributed by atoms with Gasteiger partial charge in [0.15, 0.2) is 5.96 Å². The summed E-state index contributed by atoms with van der Waals surface area (Å²) in [6.07, 6.45) is 1.04. The van der Waals surface area contributed by atoms with E-state index in [-0.39, 0.29) is 0 Å².